The standard InChI is InChI=1S/C17H20N2O4S2/c1-9-6-14(25(18,22)23)24-15(9)16(21)19-10-4-5-12-11(7-10)13(20)8-17(12,2)3/h4-7,13,20H,8H2,1-3H3,(H,19,21)(H2,18,22,23). The highest BCUT2D eigenvalue weighted by Gasteiger charge is 2.35. The maximum atomic E-state index is 12.5. The van der Waals surface area contributed by atoms with Crippen molar-refractivity contribution >= 4 is 33.0 Å². The van der Waals surface area contributed by atoms with Crippen LogP contribution >= 0.6 is 11.3 Å². The fourth-order valence-corrected chi connectivity index (χ4v) is 5.10. The molecule has 0 bridgehead atoms. The number of rotatable bonds is 3. The summed E-state index contributed by atoms with van der Waals surface area (Å²) in [4.78, 5) is 12.8. The molecule has 0 saturated heterocycles. The average molecular weight is 380 g/mol. The van der Waals surface area contributed by atoms with Gasteiger partial charge in [-0.25, -0.2) is 13.6 Å². The number of benzene rings is 1. The number of nitrogens with two attached hydrogens (primary N) is 1. The third kappa shape index (κ3) is 3.35. The number of aliphatic hydroxyl groups excluding tert-OH is 1. The summed E-state index contributed by atoms with van der Waals surface area (Å²) in [6.45, 7) is 5.81. The molecule has 1 amide bonds. The lowest BCUT2D eigenvalue weighted by Crippen LogP contribution is -2.13. The predicted octanol–water partition coefficient (Wildman–Crippen LogP) is 2.67. The molecule has 2 aromatic rings. The first kappa shape index (κ1) is 18.1. The number of thiophene rings is 1. The number of carbonyl (C=O) groups excluding carboxylic acids is 1. The van der Waals surface area contributed by atoms with Crippen LogP contribution in [0.25, 0.3) is 0 Å². The Hall–Kier alpha value is -1.74. The van der Waals surface area contributed by atoms with Crippen molar-refractivity contribution in [1.29, 1.82) is 0 Å². The maximum absolute atomic E-state index is 12.5. The molecule has 134 valence electrons. The molecule has 4 N–H and O–H groups in total. The fraction of sp³-hybridized carbons (Fsp3) is 0.353. The molecular weight excluding hydrogens is 360 g/mol. The van der Waals surface area contributed by atoms with Crippen molar-refractivity contribution in [2.45, 2.75) is 42.9 Å². The van der Waals surface area contributed by atoms with Gasteiger partial charge in [0.05, 0.1) is 11.0 Å². The second kappa shape index (κ2) is 5.91. The molecule has 0 aliphatic heterocycles. The van der Waals surface area contributed by atoms with Gasteiger partial charge in [0.1, 0.15) is 4.21 Å². The molecule has 0 spiro atoms. The van der Waals surface area contributed by atoms with E-state index >= 15 is 0 Å². The molecule has 1 aromatic carbocycles. The Morgan fingerprint density at radius 1 is 1.36 bits per heavy atom. The van der Waals surface area contributed by atoms with Crippen LogP contribution in [-0.4, -0.2) is 19.4 Å². The van der Waals surface area contributed by atoms with Crippen molar-refractivity contribution < 1.29 is 18.3 Å². The summed E-state index contributed by atoms with van der Waals surface area (Å²) >= 11 is 0.845. The Balaban J connectivity index is 1.88. The van der Waals surface area contributed by atoms with Gasteiger partial charge in [0, 0.05) is 5.69 Å². The van der Waals surface area contributed by atoms with Crippen molar-refractivity contribution in [1.82, 2.24) is 0 Å². The van der Waals surface area contributed by atoms with E-state index < -0.39 is 22.0 Å². The zero-order valence-corrected chi connectivity index (χ0v) is 15.8. The molecule has 1 heterocycles. The van der Waals surface area contributed by atoms with E-state index in [9.17, 15) is 18.3 Å². The number of carbonyl (C=O) groups is 1. The van der Waals surface area contributed by atoms with Gasteiger partial charge in [0.25, 0.3) is 5.91 Å². The summed E-state index contributed by atoms with van der Waals surface area (Å²) in [5.74, 6) is -0.399. The Labute approximate surface area is 150 Å². The van der Waals surface area contributed by atoms with E-state index in [4.69, 9.17) is 5.14 Å². The molecule has 1 aliphatic carbocycles. The number of aryl methyl sites for hydroxylation is 1. The Kier molecular flexibility index (Phi) is 4.27. The average Bonchev–Trinajstić information content (AvgIpc) is 2.97. The van der Waals surface area contributed by atoms with Gasteiger partial charge < -0.3 is 10.4 Å². The summed E-state index contributed by atoms with van der Waals surface area (Å²) < 4.78 is 22.8. The number of hydrogen-bond donors (Lipinski definition) is 3. The third-order valence-electron chi connectivity index (χ3n) is 4.48. The Bertz CT molecular complexity index is 961. The van der Waals surface area contributed by atoms with Crippen LogP contribution < -0.4 is 10.5 Å². The van der Waals surface area contributed by atoms with Gasteiger partial charge >= 0.3 is 0 Å². The van der Waals surface area contributed by atoms with Gasteiger partial charge in [0.15, 0.2) is 0 Å². The van der Waals surface area contributed by atoms with E-state index in [1.54, 1.807) is 19.1 Å². The van der Waals surface area contributed by atoms with E-state index in [-0.39, 0.29) is 9.62 Å². The largest absolute Gasteiger partial charge is 0.388 e. The van der Waals surface area contributed by atoms with E-state index in [2.05, 4.69) is 19.2 Å². The molecule has 1 aliphatic rings. The summed E-state index contributed by atoms with van der Waals surface area (Å²) in [6, 6.07) is 6.87. The molecule has 8 heteroatoms. The molecule has 0 radical (unpaired) electrons. The highest BCUT2D eigenvalue weighted by molar-refractivity contribution is 7.91. The summed E-state index contributed by atoms with van der Waals surface area (Å²) in [5.41, 5.74) is 2.89. The minimum atomic E-state index is -3.83. The van der Waals surface area contributed by atoms with Gasteiger partial charge in [-0.2, -0.15) is 0 Å². The number of amides is 1. The number of fused-ring (bicyclic) bond motifs is 1. The Morgan fingerprint density at radius 2 is 2.04 bits per heavy atom. The molecule has 1 aromatic heterocycles. The lowest BCUT2D eigenvalue weighted by atomic mass is 9.86. The van der Waals surface area contributed by atoms with E-state index in [0.717, 1.165) is 22.5 Å². The van der Waals surface area contributed by atoms with Crippen LogP contribution in [0, 0.1) is 6.92 Å². The number of sulfonamides is 1. The van der Waals surface area contributed by atoms with Crippen molar-refractivity contribution in [2.75, 3.05) is 5.32 Å². The van der Waals surface area contributed by atoms with Gasteiger partial charge in [-0.3, -0.25) is 4.79 Å². The molecule has 0 fully saturated rings. The summed E-state index contributed by atoms with van der Waals surface area (Å²) in [5, 5.41) is 18.1. The number of anilines is 1. The third-order valence-corrected chi connectivity index (χ3v) is 7.14. The molecule has 0 saturated carbocycles. The van der Waals surface area contributed by atoms with Crippen molar-refractivity contribution in [3.63, 3.8) is 0 Å². The lowest BCUT2D eigenvalue weighted by molar-refractivity contribution is 0.103. The number of nitrogens with one attached hydrogen (secondary N) is 1. The van der Waals surface area contributed by atoms with E-state index in [1.165, 1.54) is 6.07 Å². The van der Waals surface area contributed by atoms with Crippen LogP contribution in [0.2, 0.25) is 0 Å². The number of primary sulfonamides is 1. The van der Waals surface area contributed by atoms with Crippen LogP contribution in [0.15, 0.2) is 28.5 Å². The summed E-state index contributed by atoms with van der Waals surface area (Å²) in [7, 11) is -3.83. The van der Waals surface area contributed by atoms with Gasteiger partial charge in [-0.1, -0.05) is 19.9 Å². The normalized spacial score (nSPS) is 18.8. The van der Waals surface area contributed by atoms with Gasteiger partial charge in [-0.05, 0) is 53.6 Å². The molecular formula is C17H20N2O4S2. The number of aliphatic hydroxyl groups is 1. The minimum Gasteiger partial charge on any atom is -0.388 e. The SMILES string of the molecule is Cc1cc(S(N)(=O)=O)sc1C(=O)Nc1ccc2c(c1)C(O)CC2(C)C. The monoisotopic (exact) mass is 380 g/mol. The number of hydrogen-bond acceptors (Lipinski definition) is 5. The topological polar surface area (TPSA) is 109 Å². The summed E-state index contributed by atoms with van der Waals surface area (Å²) in [6.07, 6.45) is 0.0842. The lowest BCUT2D eigenvalue weighted by Gasteiger charge is -2.18. The second-order valence-corrected chi connectivity index (χ2v) is 9.82. The zero-order valence-electron chi connectivity index (χ0n) is 14.2. The van der Waals surface area contributed by atoms with Crippen molar-refractivity contribution in [3.8, 4) is 0 Å². The highest BCUT2D eigenvalue weighted by atomic mass is 32.2. The van der Waals surface area contributed by atoms with Crippen LogP contribution in [-0.2, 0) is 15.4 Å². The molecule has 3 rings (SSSR count). The van der Waals surface area contributed by atoms with E-state index in [1.807, 2.05) is 6.07 Å². The maximum Gasteiger partial charge on any atom is 0.266 e. The Morgan fingerprint density at radius 3 is 2.64 bits per heavy atom. The zero-order chi connectivity index (χ0) is 18.6. The smallest absolute Gasteiger partial charge is 0.266 e. The van der Waals surface area contributed by atoms with Crippen LogP contribution in [0.1, 0.15) is 52.7 Å². The first-order chi connectivity index (χ1) is 11.5. The molecule has 25 heavy (non-hydrogen) atoms. The van der Waals surface area contributed by atoms with Gasteiger partial charge in [-0.15, -0.1) is 11.3 Å². The fourth-order valence-electron chi connectivity index (χ4n) is 3.24. The molecule has 1 atom stereocenters. The minimum absolute atomic E-state index is 0.0405. The van der Waals surface area contributed by atoms with Crippen molar-refractivity contribution in [2.24, 2.45) is 5.14 Å². The predicted molar refractivity (Wildman–Crippen MR) is 97.4 cm³/mol. The van der Waals surface area contributed by atoms with Crippen LogP contribution in [0.4, 0.5) is 5.69 Å². The van der Waals surface area contributed by atoms with Crippen molar-refractivity contribution in [3.05, 3.63) is 45.8 Å². The molecule has 1 unspecified atom stereocenters. The van der Waals surface area contributed by atoms with Crippen LogP contribution in [0.3, 0.4) is 0 Å². The quantitative estimate of drug-likeness (QED) is 0.760. The molecule has 6 nitrogen and oxygen atoms in total. The highest BCUT2D eigenvalue weighted by Crippen LogP contribution is 2.45. The van der Waals surface area contributed by atoms with Gasteiger partial charge in [0.2, 0.25) is 10.0 Å². The second-order valence-electron chi connectivity index (χ2n) is 6.98. The van der Waals surface area contributed by atoms with Crippen LogP contribution in [0.5, 0.6) is 0 Å². The first-order valence-corrected chi connectivity index (χ1v) is 10.1. The van der Waals surface area contributed by atoms with E-state index in [0.29, 0.717) is 22.5 Å². The first-order valence-electron chi connectivity index (χ1n) is 7.76.